The van der Waals surface area contributed by atoms with Gasteiger partial charge in [0, 0.05) is 10.7 Å². The minimum absolute atomic E-state index is 0.0356. The van der Waals surface area contributed by atoms with Gasteiger partial charge in [-0.25, -0.2) is 9.69 Å². The first-order valence-corrected chi connectivity index (χ1v) is 7.51. The third-order valence-electron chi connectivity index (χ3n) is 3.21. The van der Waals surface area contributed by atoms with Crippen molar-refractivity contribution in [3.8, 4) is 0 Å². The average molecular weight is 374 g/mol. The molecule has 0 aliphatic heterocycles. The Morgan fingerprint density at radius 1 is 1.24 bits per heavy atom. The highest BCUT2D eigenvalue weighted by atomic mass is 35.5. The molecule has 0 bridgehead atoms. The molecule has 0 atom stereocenters. The molecule has 4 N–H and O–H groups in total. The van der Waals surface area contributed by atoms with Crippen molar-refractivity contribution in [2.45, 2.75) is 13.1 Å². The zero-order chi connectivity index (χ0) is 18.8. The van der Waals surface area contributed by atoms with Crippen molar-refractivity contribution in [2.24, 2.45) is 0 Å². The van der Waals surface area contributed by atoms with E-state index in [0.717, 1.165) is 11.0 Å². The zero-order valence-electron chi connectivity index (χ0n) is 13.1. The van der Waals surface area contributed by atoms with Crippen LogP contribution in [0.5, 0.6) is 0 Å². The number of hydrogen-bond donors (Lipinski definition) is 2. The predicted molar refractivity (Wildman–Crippen MR) is 90.9 cm³/mol. The molecule has 25 heavy (non-hydrogen) atoms. The molecule has 0 saturated heterocycles. The topological polar surface area (TPSA) is 81.6 Å². The highest BCUT2D eigenvalue weighted by Gasteiger charge is 2.38. The second-order valence-corrected chi connectivity index (χ2v) is 5.45. The molecule has 0 radical (unpaired) electrons. The van der Waals surface area contributed by atoms with Crippen molar-refractivity contribution in [3.63, 3.8) is 0 Å². The van der Waals surface area contributed by atoms with Crippen molar-refractivity contribution < 1.29 is 22.7 Å². The number of nitrogens with two attached hydrogens (primary N) is 2. The number of carbonyl (C=O) groups excluding carboxylic acids is 1. The van der Waals surface area contributed by atoms with Crippen LogP contribution in [0, 0.1) is 0 Å². The molecule has 0 spiro atoms. The molecule has 0 saturated carbocycles. The van der Waals surface area contributed by atoms with Gasteiger partial charge < -0.3 is 16.2 Å². The lowest BCUT2D eigenvalue weighted by Gasteiger charge is -2.27. The van der Waals surface area contributed by atoms with E-state index in [2.05, 4.69) is 0 Å². The summed E-state index contributed by atoms with van der Waals surface area (Å²) in [5.74, 6) is 0. The monoisotopic (exact) mass is 373 g/mol. The molecule has 5 nitrogen and oxygen atoms in total. The lowest BCUT2D eigenvalue weighted by molar-refractivity contribution is -0.137. The molecule has 0 aliphatic carbocycles. The van der Waals surface area contributed by atoms with E-state index in [1.165, 1.54) is 31.2 Å². The van der Waals surface area contributed by atoms with E-state index in [4.69, 9.17) is 27.8 Å². The van der Waals surface area contributed by atoms with Gasteiger partial charge in [-0.3, -0.25) is 0 Å². The number of nitrogen functional groups attached to an aromatic ring is 2. The van der Waals surface area contributed by atoms with Crippen LogP contribution in [0.25, 0.3) is 0 Å². The predicted octanol–water partition coefficient (Wildman–Crippen LogP) is 4.82. The molecule has 2 rings (SSSR count). The number of hydrogen-bond acceptors (Lipinski definition) is 4. The molecule has 0 unspecified atom stereocenters. The molecule has 0 fully saturated rings. The van der Waals surface area contributed by atoms with Gasteiger partial charge in [0.05, 0.1) is 29.2 Å². The summed E-state index contributed by atoms with van der Waals surface area (Å²) in [5, 5.41) is 0.231. The largest absolute Gasteiger partial charge is 0.449 e. The second-order valence-electron chi connectivity index (χ2n) is 5.02. The maximum Gasteiger partial charge on any atom is 0.419 e. The minimum Gasteiger partial charge on any atom is -0.449 e. The fourth-order valence-electron chi connectivity index (χ4n) is 2.27. The summed E-state index contributed by atoms with van der Waals surface area (Å²) in [6, 6.07) is 7.60. The third kappa shape index (κ3) is 4.08. The number of alkyl halides is 3. The maximum absolute atomic E-state index is 13.5. The summed E-state index contributed by atoms with van der Waals surface area (Å²) in [6.45, 7) is 1.50. The summed E-state index contributed by atoms with van der Waals surface area (Å²) in [7, 11) is 0. The number of benzene rings is 2. The highest BCUT2D eigenvalue weighted by Crippen LogP contribution is 2.44. The van der Waals surface area contributed by atoms with Crippen LogP contribution in [-0.4, -0.2) is 12.7 Å². The minimum atomic E-state index is -4.79. The number of rotatable bonds is 3. The molecule has 134 valence electrons. The lowest BCUT2D eigenvalue weighted by Crippen LogP contribution is -2.30. The summed E-state index contributed by atoms with van der Waals surface area (Å²) >= 11 is 5.90. The van der Waals surface area contributed by atoms with Crippen LogP contribution in [0.2, 0.25) is 5.02 Å². The van der Waals surface area contributed by atoms with Gasteiger partial charge in [-0.2, -0.15) is 13.2 Å². The van der Waals surface area contributed by atoms with Gasteiger partial charge in [0.15, 0.2) is 0 Å². The number of halogens is 4. The van der Waals surface area contributed by atoms with E-state index in [1.54, 1.807) is 0 Å². The number of carbonyl (C=O) groups is 1. The van der Waals surface area contributed by atoms with E-state index in [-0.39, 0.29) is 28.7 Å². The van der Waals surface area contributed by atoms with Gasteiger partial charge in [-0.15, -0.1) is 0 Å². The molecular weight excluding hydrogens is 359 g/mol. The highest BCUT2D eigenvalue weighted by molar-refractivity contribution is 6.31. The Morgan fingerprint density at radius 3 is 2.48 bits per heavy atom. The smallest absolute Gasteiger partial charge is 0.419 e. The summed E-state index contributed by atoms with van der Waals surface area (Å²) in [4.78, 5) is 13.1. The summed E-state index contributed by atoms with van der Waals surface area (Å²) in [5.41, 5.74) is 9.11. The van der Waals surface area contributed by atoms with E-state index in [0.29, 0.717) is 6.07 Å². The van der Waals surface area contributed by atoms with E-state index < -0.39 is 23.5 Å². The standard InChI is InChI=1S/C16H15ClF3N3O2/c1-2-25-15(24)23(11-5-3-4-9(17)6-11)14-12(16(18,19)20)7-10(21)8-13(14)22/h3-8H,2,21-22H2,1H3. The Labute approximate surface area is 146 Å². The Kier molecular flexibility index (Phi) is 5.32. The number of ether oxygens (including phenoxy) is 1. The van der Waals surface area contributed by atoms with E-state index >= 15 is 0 Å². The maximum atomic E-state index is 13.5. The third-order valence-corrected chi connectivity index (χ3v) is 3.44. The summed E-state index contributed by atoms with van der Waals surface area (Å²) in [6.07, 6.45) is -5.81. The summed E-state index contributed by atoms with van der Waals surface area (Å²) < 4.78 is 45.4. The zero-order valence-corrected chi connectivity index (χ0v) is 13.9. The van der Waals surface area contributed by atoms with Gasteiger partial charge >= 0.3 is 12.3 Å². The van der Waals surface area contributed by atoms with Crippen LogP contribution < -0.4 is 16.4 Å². The second kappa shape index (κ2) is 7.10. The van der Waals surface area contributed by atoms with Crippen LogP contribution in [0.4, 0.5) is 40.7 Å². The van der Waals surface area contributed by atoms with Crippen LogP contribution in [0.15, 0.2) is 36.4 Å². The van der Waals surface area contributed by atoms with E-state index in [9.17, 15) is 18.0 Å². The van der Waals surface area contributed by atoms with E-state index in [1.807, 2.05) is 0 Å². The molecular formula is C16H15ClF3N3O2. The number of amides is 1. The fraction of sp³-hybridized carbons (Fsp3) is 0.188. The van der Waals surface area contributed by atoms with Gasteiger partial charge in [-0.1, -0.05) is 17.7 Å². The van der Waals surface area contributed by atoms with Gasteiger partial charge in [0.1, 0.15) is 0 Å². The first-order valence-electron chi connectivity index (χ1n) is 7.13. The Hall–Kier alpha value is -2.61. The SMILES string of the molecule is CCOC(=O)N(c1cccc(Cl)c1)c1c(N)cc(N)cc1C(F)(F)F. The molecule has 2 aromatic carbocycles. The number of anilines is 4. The van der Waals surface area contributed by atoms with Crippen LogP contribution >= 0.6 is 11.6 Å². The van der Waals surface area contributed by atoms with Gasteiger partial charge in [0.25, 0.3) is 0 Å². The molecule has 2 aromatic rings. The first-order chi connectivity index (χ1) is 11.6. The van der Waals surface area contributed by atoms with Gasteiger partial charge in [-0.05, 0) is 37.3 Å². The normalized spacial score (nSPS) is 11.2. The van der Waals surface area contributed by atoms with Gasteiger partial charge in [0.2, 0.25) is 0 Å². The first kappa shape index (κ1) is 18.7. The Balaban J connectivity index is 2.76. The average Bonchev–Trinajstić information content (AvgIpc) is 2.48. The van der Waals surface area contributed by atoms with Crippen LogP contribution in [0.1, 0.15) is 12.5 Å². The Bertz CT molecular complexity index is 797. The molecule has 1 amide bonds. The quantitative estimate of drug-likeness (QED) is 0.756. The molecule has 0 heterocycles. The fourth-order valence-corrected chi connectivity index (χ4v) is 2.46. The van der Waals surface area contributed by atoms with Crippen molar-refractivity contribution in [1.82, 2.24) is 0 Å². The van der Waals surface area contributed by atoms with Crippen LogP contribution in [0.3, 0.4) is 0 Å². The van der Waals surface area contributed by atoms with Crippen LogP contribution in [-0.2, 0) is 10.9 Å². The van der Waals surface area contributed by atoms with Crippen molar-refractivity contribution in [2.75, 3.05) is 23.0 Å². The number of nitrogens with zero attached hydrogens (tertiary/aromatic N) is 1. The lowest BCUT2D eigenvalue weighted by atomic mass is 10.1. The molecule has 0 aliphatic rings. The van der Waals surface area contributed by atoms with Crippen molar-refractivity contribution >= 4 is 40.4 Å². The van der Waals surface area contributed by atoms with Crippen molar-refractivity contribution in [1.29, 1.82) is 0 Å². The van der Waals surface area contributed by atoms with Crippen molar-refractivity contribution in [3.05, 3.63) is 47.0 Å². The molecule has 0 aromatic heterocycles. The Morgan fingerprint density at radius 2 is 1.92 bits per heavy atom. The molecule has 9 heteroatoms.